The average molecular weight is 475 g/mol. The maximum Gasteiger partial charge on any atom is 0.343 e. The number of hydrazone groups is 1. The van der Waals surface area contributed by atoms with Crippen LogP contribution in [0.3, 0.4) is 0 Å². The van der Waals surface area contributed by atoms with E-state index in [9.17, 15) is 18.8 Å². The van der Waals surface area contributed by atoms with E-state index >= 15 is 0 Å². The number of carbonyl (C=O) groups is 3. The summed E-state index contributed by atoms with van der Waals surface area (Å²) in [5.74, 6) is -2.96. The van der Waals surface area contributed by atoms with E-state index in [1.54, 1.807) is 12.1 Å². The second-order valence-electron chi connectivity index (χ2n) is 7.78. The van der Waals surface area contributed by atoms with E-state index in [1.165, 1.54) is 37.6 Å². The number of methoxy groups -OCH3 is 1. The zero-order chi connectivity index (χ0) is 24.8. The molecule has 2 amide bonds. The molecule has 0 saturated carbocycles. The van der Waals surface area contributed by atoms with Crippen molar-refractivity contribution >= 4 is 24.0 Å². The van der Waals surface area contributed by atoms with Gasteiger partial charge in [0.2, 0.25) is 5.91 Å². The minimum atomic E-state index is -0.895. The quantitative estimate of drug-likeness (QED) is 0.180. The third-order valence-electron chi connectivity index (χ3n) is 5.53. The van der Waals surface area contributed by atoms with Crippen LogP contribution in [-0.2, 0) is 9.59 Å². The van der Waals surface area contributed by atoms with Crippen LogP contribution >= 0.6 is 0 Å². The highest BCUT2D eigenvalue weighted by atomic mass is 19.1. The van der Waals surface area contributed by atoms with Crippen molar-refractivity contribution in [1.29, 1.82) is 0 Å². The summed E-state index contributed by atoms with van der Waals surface area (Å²) in [5, 5.41) is 6.69. The van der Waals surface area contributed by atoms with Gasteiger partial charge in [0.25, 0.3) is 5.91 Å². The minimum absolute atomic E-state index is 0.0603. The number of rotatable bonds is 7. The van der Waals surface area contributed by atoms with Gasteiger partial charge in [-0.1, -0.05) is 36.4 Å². The number of hydrogen-bond donors (Lipinski definition) is 2. The van der Waals surface area contributed by atoms with E-state index in [-0.39, 0.29) is 28.9 Å². The number of halogens is 1. The molecule has 4 rings (SSSR count). The molecular formula is C26H22FN3O5. The van der Waals surface area contributed by atoms with E-state index in [4.69, 9.17) is 9.47 Å². The largest absolute Gasteiger partial charge is 0.493 e. The van der Waals surface area contributed by atoms with Crippen LogP contribution in [0.4, 0.5) is 4.39 Å². The van der Waals surface area contributed by atoms with Crippen LogP contribution in [0.5, 0.6) is 11.5 Å². The zero-order valence-corrected chi connectivity index (χ0v) is 18.7. The number of nitrogens with zero attached hydrogens (tertiary/aromatic N) is 1. The number of esters is 1. The van der Waals surface area contributed by atoms with E-state index in [2.05, 4.69) is 15.8 Å². The molecule has 0 unspecified atom stereocenters. The summed E-state index contributed by atoms with van der Waals surface area (Å²) in [6.07, 6.45) is 1.38. The molecular weight excluding hydrogens is 453 g/mol. The lowest BCUT2D eigenvalue weighted by molar-refractivity contribution is -0.133. The predicted octanol–water partition coefficient (Wildman–Crippen LogP) is 3.03. The summed E-state index contributed by atoms with van der Waals surface area (Å²) in [6.45, 7) is 0.373. The van der Waals surface area contributed by atoms with Crippen LogP contribution in [0.25, 0.3) is 0 Å². The molecule has 8 nitrogen and oxygen atoms in total. The topological polar surface area (TPSA) is 106 Å². The molecule has 1 fully saturated rings. The van der Waals surface area contributed by atoms with Crippen LogP contribution < -0.4 is 20.2 Å². The molecule has 0 aromatic heterocycles. The Morgan fingerprint density at radius 2 is 1.86 bits per heavy atom. The first-order chi connectivity index (χ1) is 17.0. The van der Waals surface area contributed by atoms with Gasteiger partial charge < -0.3 is 14.8 Å². The Hall–Kier alpha value is -4.53. The molecule has 1 saturated heterocycles. The summed E-state index contributed by atoms with van der Waals surface area (Å²) in [6, 6.07) is 19.1. The van der Waals surface area contributed by atoms with Crippen LogP contribution in [-0.4, -0.2) is 37.7 Å². The first kappa shape index (κ1) is 23.6. The first-order valence-corrected chi connectivity index (χ1v) is 10.8. The van der Waals surface area contributed by atoms with Gasteiger partial charge in [-0.25, -0.2) is 14.6 Å². The fraction of sp³-hybridized carbons (Fsp3) is 0.154. The predicted molar refractivity (Wildman–Crippen MR) is 126 cm³/mol. The summed E-state index contributed by atoms with van der Waals surface area (Å²) >= 11 is 0. The number of carbonyl (C=O) groups excluding carboxylic acids is 3. The average Bonchev–Trinajstić information content (AvgIpc) is 3.26. The number of nitrogens with one attached hydrogen (secondary N) is 2. The Balaban J connectivity index is 1.42. The van der Waals surface area contributed by atoms with Gasteiger partial charge >= 0.3 is 5.97 Å². The van der Waals surface area contributed by atoms with E-state index < -0.39 is 23.6 Å². The van der Waals surface area contributed by atoms with Gasteiger partial charge in [0, 0.05) is 12.5 Å². The van der Waals surface area contributed by atoms with Crippen molar-refractivity contribution in [2.24, 2.45) is 11.0 Å². The summed E-state index contributed by atoms with van der Waals surface area (Å²) in [5.41, 5.74) is 3.92. The Bertz CT molecular complexity index is 1280. The molecule has 35 heavy (non-hydrogen) atoms. The SMILES string of the molecule is COc1cc(/C=N/NC(=O)[C@H]2C(=O)NC[C@H]2c2ccccc2)ccc1OC(=O)c1cccc(F)c1. The lowest BCUT2D eigenvalue weighted by Gasteiger charge is -2.15. The molecule has 1 heterocycles. The van der Waals surface area contributed by atoms with Gasteiger partial charge in [0.05, 0.1) is 18.9 Å². The second-order valence-corrected chi connectivity index (χ2v) is 7.78. The minimum Gasteiger partial charge on any atom is -0.493 e. The van der Waals surface area contributed by atoms with Gasteiger partial charge in [-0.2, -0.15) is 5.10 Å². The lowest BCUT2D eigenvalue weighted by Crippen LogP contribution is -2.34. The summed E-state index contributed by atoms with van der Waals surface area (Å²) in [7, 11) is 1.40. The number of ether oxygens (including phenoxy) is 2. The molecule has 0 radical (unpaired) electrons. The van der Waals surface area contributed by atoms with E-state index in [1.807, 2.05) is 30.3 Å². The van der Waals surface area contributed by atoms with Gasteiger partial charge in [0.1, 0.15) is 11.7 Å². The molecule has 3 aromatic carbocycles. The molecule has 2 atom stereocenters. The molecule has 1 aliphatic rings. The first-order valence-electron chi connectivity index (χ1n) is 10.8. The third kappa shape index (κ3) is 5.52. The second kappa shape index (κ2) is 10.6. The molecule has 0 aliphatic carbocycles. The van der Waals surface area contributed by atoms with Crippen molar-refractivity contribution in [3.8, 4) is 11.5 Å². The molecule has 2 N–H and O–H groups in total. The van der Waals surface area contributed by atoms with Crippen LogP contribution in [0.1, 0.15) is 27.4 Å². The zero-order valence-electron chi connectivity index (χ0n) is 18.7. The number of hydrogen-bond acceptors (Lipinski definition) is 6. The van der Waals surface area contributed by atoms with Crippen molar-refractivity contribution in [2.45, 2.75) is 5.92 Å². The molecule has 0 spiro atoms. The fourth-order valence-electron chi connectivity index (χ4n) is 3.80. The maximum absolute atomic E-state index is 13.4. The molecule has 3 aromatic rings. The number of amides is 2. The Morgan fingerprint density at radius 3 is 2.60 bits per heavy atom. The highest BCUT2D eigenvalue weighted by molar-refractivity contribution is 6.03. The highest BCUT2D eigenvalue weighted by Gasteiger charge is 2.40. The standard InChI is InChI=1S/C26H22FN3O5/c1-34-22-12-16(10-11-21(22)35-26(33)18-8-5-9-19(27)13-18)14-29-30-25(32)23-20(15-28-24(23)31)17-6-3-2-4-7-17/h2-14,20,23H,15H2,1H3,(H,28,31)(H,30,32)/b29-14+/t20-,23+/m0/s1. The maximum atomic E-state index is 13.4. The highest BCUT2D eigenvalue weighted by Crippen LogP contribution is 2.30. The van der Waals surface area contributed by atoms with Gasteiger partial charge in [-0.15, -0.1) is 0 Å². The Labute approximate surface area is 200 Å². The van der Waals surface area contributed by atoms with Crippen molar-refractivity contribution in [3.05, 3.63) is 95.3 Å². The normalized spacial score (nSPS) is 17.1. The van der Waals surface area contributed by atoms with Crippen molar-refractivity contribution in [3.63, 3.8) is 0 Å². The smallest absolute Gasteiger partial charge is 0.343 e. The van der Waals surface area contributed by atoms with Gasteiger partial charge in [-0.05, 0) is 47.5 Å². The molecule has 9 heteroatoms. The number of benzene rings is 3. The van der Waals surface area contributed by atoms with Crippen molar-refractivity contribution in [2.75, 3.05) is 13.7 Å². The molecule has 178 valence electrons. The summed E-state index contributed by atoms with van der Waals surface area (Å²) < 4.78 is 24.0. The van der Waals surface area contributed by atoms with E-state index in [0.29, 0.717) is 12.1 Å². The monoisotopic (exact) mass is 475 g/mol. The van der Waals surface area contributed by atoms with Crippen LogP contribution in [0, 0.1) is 11.7 Å². The summed E-state index contributed by atoms with van der Waals surface area (Å²) in [4.78, 5) is 37.2. The van der Waals surface area contributed by atoms with Gasteiger partial charge in [0.15, 0.2) is 11.5 Å². The molecule has 1 aliphatic heterocycles. The third-order valence-corrected chi connectivity index (χ3v) is 5.53. The van der Waals surface area contributed by atoms with Crippen LogP contribution in [0.2, 0.25) is 0 Å². The lowest BCUT2D eigenvalue weighted by atomic mass is 9.88. The molecule has 0 bridgehead atoms. The van der Waals surface area contributed by atoms with Crippen molar-refractivity contribution in [1.82, 2.24) is 10.7 Å². The van der Waals surface area contributed by atoms with Crippen molar-refractivity contribution < 1.29 is 28.2 Å². The Morgan fingerprint density at radius 1 is 1.06 bits per heavy atom. The van der Waals surface area contributed by atoms with Crippen LogP contribution in [0.15, 0.2) is 77.9 Å². The van der Waals surface area contributed by atoms with Gasteiger partial charge in [-0.3, -0.25) is 9.59 Å². The Kier molecular flexibility index (Phi) is 7.15. The van der Waals surface area contributed by atoms with E-state index in [0.717, 1.165) is 11.6 Å². The fourth-order valence-corrected chi connectivity index (χ4v) is 3.80.